The summed E-state index contributed by atoms with van der Waals surface area (Å²) < 4.78 is 5.05. The van der Waals surface area contributed by atoms with Crippen LogP contribution in [0.25, 0.3) is 0 Å². The van der Waals surface area contributed by atoms with E-state index in [1.54, 1.807) is 48.5 Å². The first-order chi connectivity index (χ1) is 11.1. The minimum Gasteiger partial charge on any atom is -0.497 e. The summed E-state index contributed by atoms with van der Waals surface area (Å²) in [6.07, 6.45) is 0. The van der Waals surface area contributed by atoms with E-state index in [9.17, 15) is 9.59 Å². The molecule has 2 amide bonds. The van der Waals surface area contributed by atoms with E-state index in [1.807, 2.05) is 6.07 Å². The third-order valence-corrected chi connectivity index (χ3v) is 3.06. The van der Waals surface area contributed by atoms with Crippen molar-refractivity contribution in [1.82, 2.24) is 5.32 Å². The molecule has 2 aromatic rings. The Bertz CT molecular complexity index is 766. The van der Waals surface area contributed by atoms with Crippen molar-refractivity contribution in [2.75, 3.05) is 19.0 Å². The Morgan fingerprint density at radius 2 is 1.96 bits per heavy atom. The normalized spacial score (nSPS) is 9.57. The molecule has 0 aromatic heterocycles. The number of amides is 2. The Morgan fingerprint density at radius 1 is 1.17 bits per heavy atom. The number of carbonyl (C=O) groups excluding carboxylic acids is 2. The maximum absolute atomic E-state index is 12.0. The average Bonchev–Trinajstić information content (AvgIpc) is 2.60. The van der Waals surface area contributed by atoms with Gasteiger partial charge in [-0.1, -0.05) is 18.2 Å². The van der Waals surface area contributed by atoms with E-state index < -0.39 is 5.91 Å². The van der Waals surface area contributed by atoms with Crippen molar-refractivity contribution < 1.29 is 14.3 Å². The van der Waals surface area contributed by atoms with Crippen LogP contribution in [0.1, 0.15) is 15.9 Å². The monoisotopic (exact) mass is 309 g/mol. The lowest BCUT2D eigenvalue weighted by atomic mass is 10.2. The van der Waals surface area contributed by atoms with Gasteiger partial charge in [-0.25, -0.2) is 0 Å². The van der Waals surface area contributed by atoms with Gasteiger partial charge in [-0.05, 0) is 30.3 Å². The van der Waals surface area contributed by atoms with Gasteiger partial charge in [-0.15, -0.1) is 0 Å². The molecule has 0 unspecified atom stereocenters. The number of carbonyl (C=O) groups is 2. The van der Waals surface area contributed by atoms with Crippen molar-refractivity contribution in [2.45, 2.75) is 0 Å². The van der Waals surface area contributed by atoms with Gasteiger partial charge in [0.25, 0.3) is 5.91 Å². The number of rotatable bonds is 5. The van der Waals surface area contributed by atoms with Crippen molar-refractivity contribution in [3.8, 4) is 11.8 Å². The summed E-state index contributed by atoms with van der Waals surface area (Å²) in [7, 11) is 1.51. The van der Waals surface area contributed by atoms with E-state index in [1.165, 1.54) is 7.11 Å². The number of nitriles is 1. The third kappa shape index (κ3) is 4.32. The zero-order chi connectivity index (χ0) is 16.7. The maximum Gasteiger partial charge on any atom is 0.251 e. The number of nitrogens with one attached hydrogen (secondary N) is 2. The van der Waals surface area contributed by atoms with Gasteiger partial charge >= 0.3 is 0 Å². The Kier molecular flexibility index (Phi) is 5.31. The van der Waals surface area contributed by atoms with Crippen molar-refractivity contribution in [1.29, 1.82) is 5.26 Å². The fraction of sp³-hybridized carbons (Fsp3) is 0.118. The van der Waals surface area contributed by atoms with Crippen LogP contribution in [0.15, 0.2) is 48.5 Å². The van der Waals surface area contributed by atoms with E-state index >= 15 is 0 Å². The first-order valence-corrected chi connectivity index (χ1v) is 6.85. The molecule has 2 aromatic carbocycles. The van der Waals surface area contributed by atoms with Crippen LogP contribution in [-0.2, 0) is 4.79 Å². The third-order valence-electron chi connectivity index (χ3n) is 3.06. The predicted octanol–water partition coefficient (Wildman–Crippen LogP) is 1.94. The van der Waals surface area contributed by atoms with Crippen molar-refractivity contribution in [3.63, 3.8) is 0 Å². The van der Waals surface area contributed by atoms with Crippen LogP contribution < -0.4 is 15.4 Å². The number of benzene rings is 2. The largest absolute Gasteiger partial charge is 0.497 e. The van der Waals surface area contributed by atoms with Crippen molar-refractivity contribution >= 4 is 17.5 Å². The molecule has 0 heterocycles. The molecular weight excluding hydrogens is 294 g/mol. The summed E-state index contributed by atoms with van der Waals surface area (Å²) in [6, 6.07) is 15.3. The fourth-order valence-electron chi connectivity index (χ4n) is 1.91. The standard InChI is InChI=1S/C17H15N3O3/c1-23-14-7-4-6-12(9-14)17(22)19-11-16(21)20-15-8-3-2-5-13(15)10-18/h2-9H,11H2,1H3,(H,19,22)(H,20,21). The van der Waals surface area contributed by atoms with Gasteiger partial charge in [0, 0.05) is 5.56 Å². The molecule has 116 valence electrons. The van der Waals surface area contributed by atoms with Gasteiger partial charge in [-0.2, -0.15) is 5.26 Å². The summed E-state index contributed by atoms with van der Waals surface area (Å²) in [5.74, 6) is -0.235. The summed E-state index contributed by atoms with van der Waals surface area (Å²) >= 11 is 0. The smallest absolute Gasteiger partial charge is 0.251 e. The molecular formula is C17H15N3O3. The molecule has 0 radical (unpaired) electrons. The minimum atomic E-state index is -0.413. The Hall–Kier alpha value is -3.33. The van der Waals surface area contributed by atoms with Gasteiger partial charge in [0.15, 0.2) is 0 Å². The topological polar surface area (TPSA) is 91.2 Å². The molecule has 23 heavy (non-hydrogen) atoms. The molecule has 0 spiro atoms. The summed E-state index contributed by atoms with van der Waals surface area (Å²) in [5, 5.41) is 14.1. The van der Waals surface area contributed by atoms with Crippen LogP contribution in [0.5, 0.6) is 5.75 Å². The highest BCUT2D eigenvalue weighted by Crippen LogP contribution is 2.13. The lowest BCUT2D eigenvalue weighted by Gasteiger charge is -2.08. The molecule has 0 fully saturated rings. The summed E-state index contributed by atoms with van der Waals surface area (Å²) in [5.41, 5.74) is 1.17. The van der Waals surface area contributed by atoms with Crippen molar-refractivity contribution in [3.05, 3.63) is 59.7 Å². The second-order valence-corrected chi connectivity index (χ2v) is 4.62. The molecule has 0 atom stereocenters. The lowest BCUT2D eigenvalue weighted by molar-refractivity contribution is -0.115. The number of hydrogen-bond acceptors (Lipinski definition) is 4. The SMILES string of the molecule is COc1cccc(C(=O)NCC(=O)Nc2ccccc2C#N)c1. The minimum absolute atomic E-state index is 0.199. The molecule has 0 aliphatic heterocycles. The highest BCUT2D eigenvalue weighted by molar-refractivity contribution is 5.99. The van der Waals surface area contributed by atoms with Gasteiger partial charge in [0.1, 0.15) is 11.8 Å². The molecule has 2 N–H and O–H groups in total. The zero-order valence-corrected chi connectivity index (χ0v) is 12.5. The van der Waals surface area contributed by atoms with Crippen molar-refractivity contribution in [2.24, 2.45) is 0 Å². The first-order valence-electron chi connectivity index (χ1n) is 6.85. The zero-order valence-electron chi connectivity index (χ0n) is 12.5. The number of anilines is 1. The quantitative estimate of drug-likeness (QED) is 0.883. The molecule has 2 rings (SSSR count). The lowest BCUT2D eigenvalue weighted by Crippen LogP contribution is -2.33. The molecule has 0 aliphatic carbocycles. The number of methoxy groups -OCH3 is 1. The number of hydrogen-bond donors (Lipinski definition) is 2. The van der Waals surface area contributed by atoms with Gasteiger partial charge in [0.05, 0.1) is 24.9 Å². The van der Waals surface area contributed by atoms with Gasteiger partial charge in [-0.3, -0.25) is 9.59 Å². The van der Waals surface area contributed by atoms with E-state index in [4.69, 9.17) is 10.00 Å². The van der Waals surface area contributed by atoms with Crippen LogP contribution in [0.4, 0.5) is 5.69 Å². The van der Waals surface area contributed by atoms with Crippen LogP contribution in [0.3, 0.4) is 0 Å². The second-order valence-electron chi connectivity index (χ2n) is 4.62. The molecule has 6 heteroatoms. The van der Waals surface area contributed by atoms with Crippen LogP contribution in [0.2, 0.25) is 0 Å². The number of ether oxygens (including phenoxy) is 1. The Balaban J connectivity index is 1.94. The van der Waals surface area contributed by atoms with E-state index in [0.717, 1.165) is 0 Å². The molecule has 0 saturated carbocycles. The Morgan fingerprint density at radius 3 is 2.70 bits per heavy atom. The van der Waals surface area contributed by atoms with Crippen LogP contribution in [-0.4, -0.2) is 25.5 Å². The summed E-state index contributed by atoms with van der Waals surface area (Å²) in [6.45, 7) is -0.199. The molecule has 0 bridgehead atoms. The van der Waals surface area contributed by atoms with Crippen LogP contribution >= 0.6 is 0 Å². The van der Waals surface area contributed by atoms with E-state index in [0.29, 0.717) is 22.6 Å². The number of para-hydroxylation sites is 1. The highest BCUT2D eigenvalue weighted by Gasteiger charge is 2.10. The highest BCUT2D eigenvalue weighted by atomic mass is 16.5. The Labute approximate surface area is 133 Å². The summed E-state index contributed by atoms with van der Waals surface area (Å²) in [4.78, 5) is 23.9. The molecule has 6 nitrogen and oxygen atoms in total. The fourth-order valence-corrected chi connectivity index (χ4v) is 1.91. The second kappa shape index (κ2) is 7.61. The molecule has 0 aliphatic rings. The van der Waals surface area contributed by atoms with E-state index in [2.05, 4.69) is 10.6 Å². The molecule has 0 saturated heterocycles. The predicted molar refractivity (Wildman–Crippen MR) is 85.1 cm³/mol. The van der Waals surface area contributed by atoms with E-state index in [-0.39, 0.29) is 12.5 Å². The number of nitrogens with zero attached hydrogens (tertiary/aromatic N) is 1. The van der Waals surface area contributed by atoms with Gasteiger partial charge < -0.3 is 15.4 Å². The first kappa shape index (κ1) is 16.0. The van der Waals surface area contributed by atoms with Gasteiger partial charge in [0.2, 0.25) is 5.91 Å². The maximum atomic E-state index is 12.0. The average molecular weight is 309 g/mol. The van der Waals surface area contributed by atoms with Crippen LogP contribution in [0, 0.1) is 11.3 Å².